The topological polar surface area (TPSA) is 102 Å². The highest BCUT2D eigenvalue weighted by Gasteiger charge is 2.52. The van der Waals surface area contributed by atoms with Crippen molar-refractivity contribution in [1.82, 2.24) is 0 Å². The second-order valence-corrected chi connectivity index (χ2v) is 18.2. The molecule has 0 radical (unpaired) electrons. The molecule has 0 bridgehead atoms. The van der Waals surface area contributed by atoms with E-state index in [1.54, 1.807) is 7.11 Å². The maximum Gasteiger partial charge on any atom is 0.187 e. The average molecular weight is 987 g/mol. The van der Waals surface area contributed by atoms with Crippen LogP contribution in [-0.4, -0.2) is 81.7 Å². The summed E-state index contributed by atoms with van der Waals surface area (Å²) in [6, 6.07) is 70.4. The minimum atomic E-state index is -0.999. The van der Waals surface area contributed by atoms with Crippen LogP contribution in [0.15, 0.2) is 212 Å². The van der Waals surface area contributed by atoms with Crippen LogP contribution >= 0.6 is 0 Å². The van der Waals surface area contributed by atoms with Gasteiger partial charge >= 0.3 is 0 Å². The van der Waals surface area contributed by atoms with Crippen molar-refractivity contribution in [3.8, 4) is 0 Å². The Labute approximate surface area is 429 Å². The first-order chi connectivity index (χ1) is 36.2. The Morgan fingerprint density at radius 1 is 0.274 bits per heavy atom. The number of methoxy groups -OCH3 is 1. The molecule has 0 amide bonds. The van der Waals surface area contributed by atoms with Gasteiger partial charge in [-0.05, 0) is 38.9 Å². The molecule has 10 atom stereocenters. The fourth-order valence-electron chi connectivity index (χ4n) is 9.14. The predicted octanol–water partition coefficient (Wildman–Crippen LogP) is 10.8. The third kappa shape index (κ3) is 15.3. The molecule has 7 aromatic carbocycles. The highest BCUT2D eigenvalue weighted by Crippen LogP contribution is 2.35. The van der Waals surface area contributed by atoms with Gasteiger partial charge in [-0.15, -0.1) is 0 Å². The van der Waals surface area contributed by atoms with Crippen molar-refractivity contribution in [3.05, 3.63) is 251 Å². The fourth-order valence-corrected chi connectivity index (χ4v) is 9.14. The summed E-state index contributed by atoms with van der Waals surface area (Å²) in [6.45, 7) is 2.25. The van der Waals surface area contributed by atoms with E-state index in [1.807, 2.05) is 212 Å². The van der Waals surface area contributed by atoms with Crippen LogP contribution in [0.1, 0.15) is 38.9 Å². The molecule has 7 aromatic rings. The zero-order valence-electron chi connectivity index (χ0n) is 41.3. The highest BCUT2D eigenvalue weighted by molar-refractivity contribution is 5.19. The molecule has 2 fully saturated rings. The monoisotopic (exact) mass is 986 g/mol. The first-order valence-electron chi connectivity index (χ1n) is 25.2. The van der Waals surface area contributed by atoms with Crippen molar-refractivity contribution in [2.45, 2.75) is 108 Å². The smallest absolute Gasteiger partial charge is 0.187 e. The maximum atomic E-state index is 7.10. The van der Waals surface area contributed by atoms with E-state index in [0.29, 0.717) is 26.4 Å². The van der Waals surface area contributed by atoms with Crippen LogP contribution < -0.4 is 0 Å². The zero-order valence-corrected chi connectivity index (χ0v) is 41.3. The maximum absolute atomic E-state index is 7.10. The van der Waals surface area contributed by atoms with E-state index in [9.17, 15) is 0 Å². The van der Waals surface area contributed by atoms with E-state index in [2.05, 4.69) is 0 Å². The first-order valence-corrected chi connectivity index (χ1v) is 25.2. The van der Waals surface area contributed by atoms with Gasteiger partial charge < -0.3 is 52.1 Å². The zero-order chi connectivity index (χ0) is 49.7. The summed E-state index contributed by atoms with van der Waals surface area (Å²) in [6.07, 6.45) is -7.47. The van der Waals surface area contributed by atoms with Crippen molar-refractivity contribution in [2.75, 3.05) is 20.3 Å². The lowest BCUT2D eigenvalue weighted by atomic mass is 9.96. The molecule has 11 nitrogen and oxygen atoms in total. The van der Waals surface area contributed by atoms with Crippen LogP contribution in [0.5, 0.6) is 0 Å². The molecule has 73 heavy (non-hydrogen) atoms. The van der Waals surface area contributed by atoms with Gasteiger partial charge in [-0.1, -0.05) is 212 Å². The van der Waals surface area contributed by atoms with Crippen LogP contribution in [0.3, 0.4) is 0 Å². The Bertz CT molecular complexity index is 2560. The quantitative estimate of drug-likeness (QED) is 0.0518. The minimum absolute atomic E-state index is 0.00960. The third-order valence-corrected chi connectivity index (χ3v) is 12.9. The number of hydrogen-bond acceptors (Lipinski definition) is 11. The fraction of sp³-hybridized carbons (Fsp3) is 0.323. The largest absolute Gasteiger partial charge is 0.374 e. The van der Waals surface area contributed by atoms with Crippen molar-refractivity contribution in [2.24, 2.45) is 0 Å². The number of benzene rings is 7. The summed E-state index contributed by atoms with van der Waals surface area (Å²) in [7, 11) is 1.61. The van der Waals surface area contributed by atoms with Gasteiger partial charge in [0.05, 0.1) is 59.5 Å². The van der Waals surface area contributed by atoms with Gasteiger partial charge in [-0.2, -0.15) is 0 Å². The normalized spacial score (nSPS) is 24.0. The molecule has 2 aliphatic rings. The van der Waals surface area contributed by atoms with E-state index in [4.69, 9.17) is 52.1 Å². The predicted molar refractivity (Wildman–Crippen MR) is 276 cm³/mol. The lowest BCUT2D eigenvalue weighted by molar-refractivity contribution is -0.351. The third-order valence-electron chi connectivity index (χ3n) is 12.9. The molecular weight excluding hydrogens is 921 g/mol. The molecule has 11 heteroatoms. The van der Waals surface area contributed by atoms with Crippen molar-refractivity contribution in [1.29, 1.82) is 0 Å². The van der Waals surface area contributed by atoms with Crippen LogP contribution in [0.25, 0.3) is 0 Å². The number of hydrogen-bond donors (Lipinski definition) is 0. The summed E-state index contributed by atoms with van der Waals surface area (Å²) < 4.78 is 75.2. The SMILES string of the molecule is CO[C@H]1O[C@H](CO[C@@H]2O[C@H](COCc3ccccc3)[C@@H](OCc3ccccc3)[C@H](OCc3ccccc3)[C@H]2OCc2ccccc2)[C@@H](OCc2ccccc2)[C@H](OCc2ccccc2)[C@H]1OCc1ccccc1. The van der Waals surface area contributed by atoms with E-state index in [-0.39, 0.29) is 33.0 Å². The Hall–Kier alpha value is -5.90. The van der Waals surface area contributed by atoms with E-state index in [1.165, 1.54) is 0 Å². The molecule has 0 aromatic heterocycles. The molecule has 380 valence electrons. The Morgan fingerprint density at radius 3 is 0.863 bits per heavy atom. The van der Waals surface area contributed by atoms with Crippen LogP contribution in [0.4, 0.5) is 0 Å². The summed E-state index contributed by atoms with van der Waals surface area (Å²) in [5.74, 6) is 0. The van der Waals surface area contributed by atoms with Gasteiger partial charge in [-0.25, -0.2) is 0 Å². The second kappa shape index (κ2) is 28.0. The summed E-state index contributed by atoms with van der Waals surface area (Å²) in [5.41, 5.74) is 7.00. The lowest BCUT2D eigenvalue weighted by Gasteiger charge is -2.48. The van der Waals surface area contributed by atoms with Crippen molar-refractivity contribution >= 4 is 0 Å². The van der Waals surface area contributed by atoms with Crippen molar-refractivity contribution in [3.63, 3.8) is 0 Å². The van der Waals surface area contributed by atoms with Gasteiger partial charge in [0.15, 0.2) is 12.6 Å². The van der Waals surface area contributed by atoms with Gasteiger partial charge in [0.25, 0.3) is 0 Å². The lowest BCUT2D eigenvalue weighted by Crippen LogP contribution is -2.64. The van der Waals surface area contributed by atoms with Crippen LogP contribution in [-0.2, 0) is 98.4 Å². The molecule has 0 N–H and O–H groups in total. The average Bonchev–Trinajstić information content (AvgIpc) is 3.45. The first kappa shape index (κ1) is 52.0. The second-order valence-electron chi connectivity index (χ2n) is 18.2. The summed E-state index contributed by atoms with van der Waals surface area (Å²) in [5, 5.41) is 0. The Kier molecular flexibility index (Phi) is 19.9. The molecule has 0 aliphatic carbocycles. The van der Waals surface area contributed by atoms with Crippen molar-refractivity contribution < 1.29 is 52.1 Å². The van der Waals surface area contributed by atoms with E-state index >= 15 is 0 Å². The van der Waals surface area contributed by atoms with E-state index in [0.717, 1.165) is 38.9 Å². The molecule has 0 unspecified atom stereocenters. The Balaban J connectivity index is 1.05. The molecule has 2 heterocycles. The molecular formula is C62H66O11. The number of ether oxygens (including phenoxy) is 11. The van der Waals surface area contributed by atoms with Gasteiger partial charge in [-0.3, -0.25) is 0 Å². The molecule has 0 spiro atoms. The standard InChI is InChI=1S/C62H66O11/c1-63-61-59(69-42-51-33-19-7-20-34-51)57(67-40-49-29-15-5-16-30-49)56(66-39-48-27-13-4-14-28-48)54(72-61)45-71-62-60(70-43-52-35-21-8-22-36-52)58(68-41-50-31-17-6-18-32-50)55(65-38-47-25-11-3-12-26-47)53(73-62)44-64-37-46-23-9-2-10-24-46/h2-36,53-62H,37-45H2,1H3/t53-,54-,55-,56-,57+,58+,59-,60-,61+,62-/m1/s1. The van der Waals surface area contributed by atoms with Crippen LogP contribution in [0.2, 0.25) is 0 Å². The molecule has 2 aliphatic heterocycles. The summed E-state index contributed by atoms with van der Waals surface area (Å²) >= 11 is 0. The highest BCUT2D eigenvalue weighted by atomic mass is 16.7. The molecule has 9 rings (SSSR count). The van der Waals surface area contributed by atoms with Gasteiger partial charge in [0.1, 0.15) is 48.8 Å². The number of rotatable bonds is 26. The van der Waals surface area contributed by atoms with E-state index < -0.39 is 61.4 Å². The van der Waals surface area contributed by atoms with Gasteiger partial charge in [0, 0.05) is 7.11 Å². The molecule has 2 saturated heterocycles. The Morgan fingerprint density at radius 2 is 0.534 bits per heavy atom. The molecule has 0 saturated carbocycles. The van der Waals surface area contributed by atoms with Gasteiger partial charge in [0.2, 0.25) is 0 Å². The summed E-state index contributed by atoms with van der Waals surface area (Å²) in [4.78, 5) is 0. The minimum Gasteiger partial charge on any atom is -0.374 e. The van der Waals surface area contributed by atoms with Crippen LogP contribution in [0, 0.1) is 0 Å².